The number of aromatic nitrogens is 2. The number of hydrogen-bond donors (Lipinski definition) is 1. The van der Waals surface area contributed by atoms with Crippen molar-refractivity contribution in [3.63, 3.8) is 0 Å². The Morgan fingerprint density at radius 1 is 1.03 bits per heavy atom. The van der Waals surface area contributed by atoms with E-state index < -0.39 is 5.97 Å². The number of carbonyl (C=O) groups excluding carboxylic acids is 2. The first-order chi connectivity index (χ1) is 16.4. The number of carbonyl (C=O) groups is 2. The molecule has 8 nitrogen and oxygen atoms in total. The summed E-state index contributed by atoms with van der Waals surface area (Å²) in [7, 11) is 0. The lowest BCUT2D eigenvalue weighted by Crippen LogP contribution is -2.28. The number of aryl methyl sites for hydroxylation is 2. The van der Waals surface area contributed by atoms with Crippen LogP contribution in [0.1, 0.15) is 20.8 Å². The number of nitrogens with zero attached hydrogens (tertiary/aromatic N) is 2. The number of nitrogens with one attached hydrogen (secondary N) is 1. The zero-order chi connectivity index (χ0) is 24.1. The molecule has 0 spiro atoms. The molecule has 9 heteroatoms. The van der Waals surface area contributed by atoms with Gasteiger partial charge in [-0.25, -0.2) is 9.78 Å². The van der Waals surface area contributed by atoms with Crippen molar-refractivity contribution in [1.29, 1.82) is 0 Å². The first-order valence-corrected chi connectivity index (χ1v) is 11.4. The van der Waals surface area contributed by atoms with Crippen LogP contribution in [0.4, 0.5) is 5.69 Å². The van der Waals surface area contributed by atoms with Gasteiger partial charge in [-0.05, 0) is 43.2 Å². The molecule has 0 saturated heterocycles. The summed E-state index contributed by atoms with van der Waals surface area (Å²) in [4.78, 5) is 43.1. The van der Waals surface area contributed by atoms with Gasteiger partial charge in [0, 0.05) is 5.69 Å². The second-order valence-electron chi connectivity index (χ2n) is 7.57. The summed E-state index contributed by atoms with van der Waals surface area (Å²) in [6.07, 6.45) is 1.32. The molecule has 2 heterocycles. The maximum atomic E-state index is 13.0. The molecule has 174 valence electrons. The maximum absolute atomic E-state index is 13.0. The smallest absolute Gasteiger partial charge is 0.348 e. The van der Waals surface area contributed by atoms with Gasteiger partial charge in [-0.15, -0.1) is 11.3 Å². The topological polar surface area (TPSA) is 99.5 Å². The summed E-state index contributed by atoms with van der Waals surface area (Å²) in [5.74, 6) is -0.198. The molecule has 2 aromatic carbocycles. The van der Waals surface area contributed by atoms with Crippen LogP contribution in [0.15, 0.2) is 65.7 Å². The number of para-hydroxylation sites is 2. The number of ether oxygens (including phenoxy) is 2. The van der Waals surface area contributed by atoms with Crippen LogP contribution in [0.3, 0.4) is 0 Å². The first-order valence-electron chi connectivity index (χ1n) is 10.6. The van der Waals surface area contributed by atoms with Gasteiger partial charge in [0.1, 0.15) is 35.2 Å². The fourth-order valence-electron chi connectivity index (χ4n) is 3.40. The maximum Gasteiger partial charge on any atom is 0.348 e. The van der Waals surface area contributed by atoms with Crippen molar-refractivity contribution in [3.8, 4) is 5.75 Å². The van der Waals surface area contributed by atoms with E-state index in [0.29, 0.717) is 32.1 Å². The van der Waals surface area contributed by atoms with Crippen molar-refractivity contribution in [1.82, 2.24) is 9.55 Å². The fourth-order valence-corrected chi connectivity index (χ4v) is 4.43. The quantitative estimate of drug-likeness (QED) is 0.305. The van der Waals surface area contributed by atoms with Crippen LogP contribution in [0, 0.1) is 13.8 Å². The summed E-state index contributed by atoms with van der Waals surface area (Å²) in [5.41, 5.74) is 1.70. The number of anilines is 1. The van der Waals surface area contributed by atoms with Gasteiger partial charge >= 0.3 is 5.97 Å². The number of rotatable bonds is 8. The van der Waals surface area contributed by atoms with Gasteiger partial charge in [-0.3, -0.25) is 14.2 Å². The molecule has 4 aromatic rings. The van der Waals surface area contributed by atoms with Crippen molar-refractivity contribution in [3.05, 3.63) is 87.3 Å². The summed E-state index contributed by atoms with van der Waals surface area (Å²) in [5, 5.41) is 3.11. The summed E-state index contributed by atoms with van der Waals surface area (Å²) < 4.78 is 12.1. The Morgan fingerprint density at radius 3 is 2.53 bits per heavy atom. The van der Waals surface area contributed by atoms with Crippen LogP contribution in [-0.2, 0) is 16.1 Å². The molecule has 0 fully saturated rings. The Morgan fingerprint density at radius 2 is 1.76 bits per heavy atom. The van der Waals surface area contributed by atoms with E-state index in [2.05, 4.69) is 10.3 Å². The Balaban J connectivity index is 1.44. The van der Waals surface area contributed by atoms with Gasteiger partial charge in [0.05, 0.1) is 11.7 Å². The minimum atomic E-state index is -0.541. The third-order valence-corrected chi connectivity index (χ3v) is 6.34. The van der Waals surface area contributed by atoms with Crippen LogP contribution in [0.2, 0.25) is 0 Å². The molecule has 34 heavy (non-hydrogen) atoms. The Kier molecular flexibility index (Phi) is 7.03. The predicted molar refractivity (Wildman–Crippen MR) is 131 cm³/mol. The van der Waals surface area contributed by atoms with Crippen LogP contribution >= 0.6 is 11.3 Å². The lowest BCUT2D eigenvalue weighted by Gasteiger charge is -2.09. The predicted octanol–water partition coefficient (Wildman–Crippen LogP) is 3.95. The van der Waals surface area contributed by atoms with Crippen molar-refractivity contribution in [2.24, 2.45) is 0 Å². The minimum Gasteiger partial charge on any atom is -0.490 e. The molecule has 4 rings (SSSR count). The number of fused-ring (bicyclic) bond motifs is 1. The molecule has 0 saturated carbocycles. The number of hydrogen-bond acceptors (Lipinski definition) is 7. The van der Waals surface area contributed by atoms with E-state index in [-0.39, 0.29) is 31.2 Å². The van der Waals surface area contributed by atoms with Gasteiger partial charge in [-0.1, -0.05) is 36.4 Å². The monoisotopic (exact) mass is 477 g/mol. The molecular formula is C25H23N3O5S. The second-order valence-corrected chi connectivity index (χ2v) is 8.57. The largest absolute Gasteiger partial charge is 0.490 e. The average molecular weight is 478 g/mol. The third-order valence-electron chi connectivity index (χ3n) is 5.16. The van der Waals surface area contributed by atoms with E-state index in [4.69, 9.17) is 9.47 Å². The fraction of sp³-hybridized carbons (Fsp3) is 0.200. The zero-order valence-electron chi connectivity index (χ0n) is 18.7. The molecule has 0 bridgehead atoms. The molecule has 0 aliphatic rings. The van der Waals surface area contributed by atoms with E-state index in [9.17, 15) is 14.4 Å². The van der Waals surface area contributed by atoms with E-state index in [1.165, 1.54) is 10.9 Å². The number of thiophene rings is 1. The zero-order valence-corrected chi connectivity index (χ0v) is 19.6. The van der Waals surface area contributed by atoms with Gasteiger partial charge < -0.3 is 14.8 Å². The lowest BCUT2D eigenvalue weighted by molar-refractivity contribution is -0.116. The Labute approximate surface area is 199 Å². The number of benzene rings is 2. The van der Waals surface area contributed by atoms with Crippen LogP contribution < -0.4 is 15.6 Å². The summed E-state index contributed by atoms with van der Waals surface area (Å²) in [6, 6.07) is 16.6. The van der Waals surface area contributed by atoms with Crippen molar-refractivity contribution >= 4 is 39.1 Å². The highest BCUT2D eigenvalue weighted by Gasteiger charge is 2.21. The molecule has 2 aromatic heterocycles. The molecule has 0 atom stereocenters. The molecule has 0 unspecified atom stereocenters. The van der Waals surface area contributed by atoms with Crippen LogP contribution in [0.5, 0.6) is 5.75 Å². The van der Waals surface area contributed by atoms with Gasteiger partial charge in [0.15, 0.2) is 0 Å². The highest BCUT2D eigenvalue weighted by molar-refractivity contribution is 7.20. The standard InChI is InChI=1S/C25H23N3O5S/c1-16-8-6-7-11-19(16)27-20(29)14-28-15-26-23-21(24(28)30)17(2)22(34-23)25(31)33-13-12-32-18-9-4-3-5-10-18/h3-11,15H,12-14H2,1-2H3,(H,27,29). The molecule has 0 radical (unpaired) electrons. The van der Waals surface area contributed by atoms with Gasteiger partial charge in [-0.2, -0.15) is 0 Å². The second kappa shape index (κ2) is 10.3. The average Bonchev–Trinajstić information content (AvgIpc) is 3.18. The highest BCUT2D eigenvalue weighted by atomic mass is 32.1. The van der Waals surface area contributed by atoms with E-state index >= 15 is 0 Å². The van der Waals surface area contributed by atoms with Crippen molar-refractivity contribution < 1.29 is 19.1 Å². The van der Waals surface area contributed by atoms with Gasteiger partial charge in [0.2, 0.25) is 5.91 Å². The van der Waals surface area contributed by atoms with E-state index in [0.717, 1.165) is 16.9 Å². The normalized spacial score (nSPS) is 10.8. The summed E-state index contributed by atoms with van der Waals surface area (Å²) >= 11 is 1.09. The number of esters is 1. The van der Waals surface area contributed by atoms with Crippen LogP contribution in [-0.4, -0.2) is 34.6 Å². The molecular weight excluding hydrogens is 454 g/mol. The van der Waals surface area contributed by atoms with Gasteiger partial charge in [0.25, 0.3) is 5.56 Å². The molecule has 1 amide bonds. The Hall–Kier alpha value is -3.98. The summed E-state index contributed by atoms with van der Waals surface area (Å²) in [6.45, 7) is 3.65. The number of amides is 1. The highest BCUT2D eigenvalue weighted by Crippen LogP contribution is 2.27. The van der Waals surface area contributed by atoms with Crippen molar-refractivity contribution in [2.45, 2.75) is 20.4 Å². The Bertz CT molecular complexity index is 1390. The molecule has 1 N–H and O–H groups in total. The van der Waals surface area contributed by atoms with E-state index in [1.54, 1.807) is 13.0 Å². The third kappa shape index (κ3) is 5.15. The molecule has 0 aliphatic carbocycles. The molecule has 0 aliphatic heterocycles. The first kappa shape index (κ1) is 23.2. The van der Waals surface area contributed by atoms with E-state index in [1.807, 2.05) is 55.5 Å². The lowest BCUT2D eigenvalue weighted by atomic mass is 10.2. The SMILES string of the molecule is Cc1ccccc1NC(=O)Cn1cnc2sc(C(=O)OCCOc3ccccc3)c(C)c2c1=O. The minimum absolute atomic E-state index is 0.0676. The van der Waals surface area contributed by atoms with Crippen molar-refractivity contribution in [2.75, 3.05) is 18.5 Å². The van der Waals surface area contributed by atoms with Crippen LogP contribution in [0.25, 0.3) is 10.2 Å².